The lowest BCUT2D eigenvalue weighted by molar-refractivity contribution is 0.00340. The largest absolute Gasteiger partial charge is 0.497 e. The minimum Gasteiger partial charge on any atom is -0.497 e. The summed E-state index contributed by atoms with van der Waals surface area (Å²) < 4.78 is 10.9. The average molecular weight is 285 g/mol. The molecule has 0 N–H and O–H groups in total. The Kier molecular flexibility index (Phi) is 4.17. The number of hydrogen-bond donors (Lipinski definition) is 0. The van der Waals surface area contributed by atoms with Crippen molar-refractivity contribution in [3.63, 3.8) is 0 Å². The van der Waals surface area contributed by atoms with Crippen molar-refractivity contribution in [2.45, 2.75) is 38.7 Å². The Morgan fingerprint density at radius 3 is 2.48 bits per heavy atom. The van der Waals surface area contributed by atoms with E-state index in [1.807, 2.05) is 24.3 Å². The van der Waals surface area contributed by atoms with Crippen molar-refractivity contribution in [2.24, 2.45) is 17.3 Å². The van der Waals surface area contributed by atoms with Gasteiger partial charge >= 0.3 is 0 Å². The topological polar surface area (TPSA) is 42.2 Å². The van der Waals surface area contributed by atoms with Gasteiger partial charge in [-0.3, -0.25) is 0 Å². The molecule has 2 fully saturated rings. The van der Waals surface area contributed by atoms with Crippen molar-refractivity contribution in [3.05, 3.63) is 29.8 Å². The third-order valence-electron chi connectivity index (χ3n) is 4.75. The molecule has 0 atom stereocenters. The van der Waals surface area contributed by atoms with Gasteiger partial charge in [-0.05, 0) is 48.8 Å². The van der Waals surface area contributed by atoms with Gasteiger partial charge in [-0.25, -0.2) is 0 Å². The monoisotopic (exact) mass is 285 g/mol. The molecule has 0 heterocycles. The molecule has 0 aromatic heterocycles. The molecular weight excluding hydrogens is 262 g/mol. The van der Waals surface area contributed by atoms with Gasteiger partial charge in [-0.15, -0.1) is 0 Å². The number of benzene rings is 1. The first kappa shape index (κ1) is 14.4. The minimum absolute atomic E-state index is 0.0185. The van der Waals surface area contributed by atoms with Crippen LogP contribution in [0, 0.1) is 28.6 Å². The molecule has 0 saturated heterocycles. The predicted molar refractivity (Wildman–Crippen MR) is 80.8 cm³/mol. The second-order valence-electron chi connectivity index (χ2n) is 6.68. The highest BCUT2D eigenvalue weighted by atomic mass is 16.5. The van der Waals surface area contributed by atoms with E-state index in [9.17, 15) is 5.26 Å². The second kappa shape index (κ2) is 6.07. The lowest BCUT2D eigenvalue weighted by Gasteiger charge is -2.42. The van der Waals surface area contributed by atoms with Gasteiger partial charge in [0.2, 0.25) is 0 Å². The van der Waals surface area contributed by atoms with Crippen LogP contribution in [0.25, 0.3) is 0 Å². The van der Waals surface area contributed by atoms with E-state index >= 15 is 0 Å². The Hall–Kier alpha value is -1.53. The predicted octanol–water partition coefficient (Wildman–Crippen LogP) is 3.93. The van der Waals surface area contributed by atoms with Crippen molar-refractivity contribution in [2.75, 3.05) is 13.7 Å². The lowest BCUT2D eigenvalue weighted by Crippen LogP contribution is -2.38. The van der Waals surface area contributed by atoms with E-state index in [2.05, 4.69) is 6.07 Å². The van der Waals surface area contributed by atoms with Gasteiger partial charge in [0, 0.05) is 6.61 Å². The summed E-state index contributed by atoms with van der Waals surface area (Å²) in [5.41, 5.74) is 1.15. The molecule has 3 rings (SSSR count). The van der Waals surface area contributed by atoms with E-state index in [-0.39, 0.29) is 5.41 Å². The zero-order valence-electron chi connectivity index (χ0n) is 12.7. The smallest absolute Gasteiger partial charge is 0.118 e. The van der Waals surface area contributed by atoms with Crippen molar-refractivity contribution in [3.8, 4) is 11.8 Å². The van der Waals surface area contributed by atoms with Gasteiger partial charge in [0.25, 0.3) is 0 Å². The molecule has 2 aliphatic rings. The lowest BCUT2D eigenvalue weighted by atomic mass is 9.60. The average Bonchev–Trinajstić information content (AvgIpc) is 3.29. The van der Waals surface area contributed by atoms with E-state index in [0.29, 0.717) is 12.5 Å². The molecule has 112 valence electrons. The Morgan fingerprint density at radius 2 is 1.90 bits per heavy atom. The van der Waals surface area contributed by atoms with E-state index < -0.39 is 0 Å². The number of nitrogens with zero attached hydrogens (tertiary/aromatic N) is 1. The van der Waals surface area contributed by atoms with E-state index in [4.69, 9.17) is 9.47 Å². The molecule has 0 bridgehead atoms. The van der Waals surface area contributed by atoms with Gasteiger partial charge in [0.1, 0.15) is 5.75 Å². The van der Waals surface area contributed by atoms with Gasteiger partial charge < -0.3 is 9.47 Å². The fraction of sp³-hybridized carbons (Fsp3) is 0.611. The van der Waals surface area contributed by atoms with Crippen LogP contribution in [0.4, 0.5) is 0 Å². The van der Waals surface area contributed by atoms with Crippen LogP contribution in [0.3, 0.4) is 0 Å². The number of nitriles is 1. The van der Waals surface area contributed by atoms with Crippen LogP contribution in [-0.4, -0.2) is 13.7 Å². The zero-order chi connectivity index (χ0) is 14.7. The minimum atomic E-state index is -0.0185. The van der Waals surface area contributed by atoms with Crippen LogP contribution >= 0.6 is 0 Å². The normalized spacial score (nSPS) is 27.7. The van der Waals surface area contributed by atoms with E-state index in [0.717, 1.165) is 37.5 Å². The third-order valence-corrected chi connectivity index (χ3v) is 4.75. The summed E-state index contributed by atoms with van der Waals surface area (Å²) in [7, 11) is 1.67. The second-order valence-corrected chi connectivity index (χ2v) is 6.68. The standard InChI is InChI=1S/C18H23NO2/c1-20-17-6-4-15(5-7-17)11-21-12-16-9-18(10-16,13-19)8-14-2-3-14/h4-7,14,16H,2-3,8-12H2,1H3. The molecule has 0 unspecified atom stereocenters. The van der Waals surface area contributed by atoms with E-state index in [1.54, 1.807) is 7.11 Å². The summed E-state index contributed by atoms with van der Waals surface area (Å²) in [6, 6.07) is 10.5. The molecule has 0 spiro atoms. The molecule has 2 aliphatic carbocycles. The molecule has 3 nitrogen and oxygen atoms in total. The molecule has 0 radical (unpaired) electrons. The summed E-state index contributed by atoms with van der Waals surface area (Å²) >= 11 is 0. The quantitative estimate of drug-likeness (QED) is 0.762. The molecule has 0 aliphatic heterocycles. The first-order valence-corrected chi connectivity index (χ1v) is 7.85. The molecule has 21 heavy (non-hydrogen) atoms. The fourth-order valence-corrected chi connectivity index (χ4v) is 3.41. The maximum Gasteiger partial charge on any atom is 0.118 e. The van der Waals surface area contributed by atoms with E-state index in [1.165, 1.54) is 18.4 Å². The zero-order valence-corrected chi connectivity index (χ0v) is 12.7. The molecule has 1 aromatic carbocycles. The van der Waals surface area contributed by atoms with Crippen molar-refractivity contribution in [1.82, 2.24) is 0 Å². The Labute approximate surface area is 126 Å². The van der Waals surface area contributed by atoms with Crippen molar-refractivity contribution < 1.29 is 9.47 Å². The van der Waals surface area contributed by atoms with Gasteiger partial charge in [0.05, 0.1) is 25.2 Å². The molecule has 1 aromatic rings. The van der Waals surface area contributed by atoms with Crippen LogP contribution in [0.5, 0.6) is 5.75 Å². The highest BCUT2D eigenvalue weighted by Crippen LogP contribution is 2.53. The fourth-order valence-electron chi connectivity index (χ4n) is 3.41. The highest BCUT2D eigenvalue weighted by Gasteiger charge is 2.47. The summed E-state index contributed by atoms with van der Waals surface area (Å²) in [5.74, 6) is 2.28. The summed E-state index contributed by atoms with van der Waals surface area (Å²) in [6.45, 7) is 1.42. The summed E-state index contributed by atoms with van der Waals surface area (Å²) in [6.07, 6.45) is 5.85. The number of hydrogen-bond acceptors (Lipinski definition) is 3. The Morgan fingerprint density at radius 1 is 1.19 bits per heavy atom. The van der Waals surface area contributed by atoms with Crippen LogP contribution in [0.1, 0.15) is 37.7 Å². The van der Waals surface area contributed by atoms with Crippen LogP contribution < -0.4 is 4.74 Å². The number of rotatable bonds is 7. The van der Waals surface area contributed by atoms with Gasteiger partial charge in [-0.1, -0.05) is 25.0 Å². The first-order valence-electron chi connectivity index (χ1n) is 7.85. The maximum absolute atomic E-state index is 9.38. The summed E-state index contributed by atoms with van der Waals surface area (Å²) in [4.78, 5) is 0. The summed E-state index contributed by atoms with van der Waals surface area (Å²) in [5, 5.41) is 9.38. The third kappa shape index (κ3) is 3.57. The Balaban J connectivity index is 1.37. The SMILES string of the molecule is COc1ccc(COCC2CC(C#N)(CC3CC3)C2)cc1. The number of ether oxygens (including phenoxy) is 2. The van der Waals surface area contributed by atoms with Crippen LogP contribution in [-0.2, 0) is 11.3 Å². The molecular formula is C18H23NO2. The van der Waals surface area contributed by atoms with Crippen LogP contribution in [0.2, 0.25) is 0 Å². The first-order chi connectivity index (χ1) is 10.2. The van der Waals surface area contributed by atoms with Crippen molar-refractivity contribution in [1.29, 1.82) is 5.26 Å². The van der Waals surface area contributed by atoms with Crippen molar-refractivity contribution >= 4 is 0 Å². The molecule has 0 amide bonds. The Bertz CT molecular complexity index is 507. The van der Waals surface area contributed by atoms with Gasteiger partial charge in [-0.2, -0.15) is 5.26 Å². The highest BCUT2D eigenvalue weighted by molar-refractivity contribution is 5.26. The number of methoxy groups -OCH3 is 1. The molecule has 3 heteroatoms. The van der Waals surface area contributed by atoms with Crippen LogP contribution in [0.15, 0.2) is 24.3 Å². The maximum atomic E-state index is 9.38. The molecule has 2 saturated carbocycles. The van der Waals surface area contributed by atoms with Gasteiger partial charge in [0.15, 0.2) is 0 Å².